The van der Waals surface area contributed by atoms with E-state index in [0.29, 0.717) is 30.7 Å². The number of carbonyl (C=O) groups is 2. The average Bonchev–Trinajstić information content (AvgIpc) is 2.47. The van der Waals surface area contributed by atoms with Crippen LogP contribution in [0, 0.1) is 11.8 Å². The van der Waals surface area contributed by atoms with E-state index in [1.54, 1.807) is 6.07 Å². The summed E-state index contributed by atoms with van der Waals surface area (Å²) in [5, 5.41) is 12.6. The minimum absolute atomic E-state index is 0.00585. The Kier molecular flexibility index (Phi) is 5.23. The molecular weight excluding hydrogens is 290 g/mol. The van der Waals surface area contributed by atoms with E-state index in [9.17, 15) is 9.59 Å². The molecule has 4 nitrogen and oxygen atoms in total. The fourth-order valence-electron chi connectivity index (χ4n) is 2.79. The third-order valence-corrected chi connectivity index (χ3v) is 4.39. The molecule has 1 unspecified atom stereocenters. The molecule has 1 saturated carbocycles. The number of hydrogen-bond donors (Lipinski definition) is 2. The number of nitrogens with one attached hydrogen (secondary N) is 1. The Morgan fingerprint density at radius 3 is 2.43 bits per heavy atom. The van der Waals surface area contributed by atoms with Crippen LogP contribution in [-0.2, 0) is 9.59 Å². The van der Waals surface area contributed by atoms with Gasteiger partial charge >= 0.3 is 5.97 Å². The summed E-state index contributed by atoms with van der Waals surface area (Å²) in [7, 11) is 0. The van der Waals surface area contributed by atoms with Crippen LogP contribution >= 0.6 is 11.6 Å². The zero-order valence-corrected chi connectivity index (χ0v) is 12.8. The lowest BCUT2D eigenvalue weighted by molar-refractivity contribution is -0.144. The van der Waals surface area contributed by atoms with E-state index in [2.05, 4.69) is 5.32 Å². The first-order valence-corrected chi connectivity index (χ1v) is 7.64. The van der Waals surface area contributed by atoms with Crippen molar-refractivity contribution in [3.8, 4) is 0 Å². The predicted molar refractivity (Wildman–Crippen MR) is 81.1 cm³/mol. The Morgan fingerprint density at radius 2 is 1.86 bits per heavy atom. The lowest BCUT2D eigenvalue weighted by atomic mass is 9.81. The molecule has 114 valence electrons. The summed E-state index contributed by atoms with van der Waals surface area (Å²) in [5.41, 5.74) is 0.968. The first kappa shape index (κ1) is 15.8. The van der Waals surface area contributed by atoms with Crippen LogP contribution in [0.2, 0.25) is 5.02 Å². The molecule has 2 rings (SSSR count). The summed E-state index contributed by atoms with van der Waals surface area (Å²) < 4.78 is 0. The molecule has 0 bridgehead atoms. The first-order chi connectivity index (χ1) is 9.97. The van der Waals surface area contributed by atoms with Gasteiger partial charge in [0.15, 0.2) is 0 Å². The van der Waals surface area contributed by atoms with Crippen LogP contribution < -0.4 is 5.32 Å². The second-order valence-corrected chi connectivity index (χ2v) is 6.11. The van der Waals surface area contributed by atoms with E-state index in [-0.39, 0.29) is 23.8 Å². The molecule has 0 aromatic heterocycles. The maximum atomic E-state index is 12.3. The fraction of sp³-hybridized carbons (Fsp3) is 0.500. The molecule has 1 aliphatic rings. The first-order valence-electron chi connectivity index (χ1n) is 7.26. The molecule has 0 radical (unpaired) electrons. The van der Waals surface area contributed by atoms with Gasteiger partial charge in [-0.1, -0.05) is 23.7 Å². The number of benzene rings is 1. The molecule has 0 spiro atoms. The Balaban J connectivity index is 1.89. The molecule has 5 heteroatoms. The number of amides is 1. The SMILES string of the molecule is CC(NC(=O)C1CCC(C(=O)O)CC1)c1cccc(Cl)c1. The van der Waals surface area contributed by atoms with E-state index < -0.39 is 5.97 Å². The number of carboxylic acid groups (broad SMARTS) is 1. The van der Waals surface area contributed by atoms with Crippen molar-refractivity contribution >= 4 is 23.5 Å². The standard InChI is InChI=1S/C16H20ClNO3/c1-10(13-3-2-4-14(17)9-13)18-15(19)11-5-7-12(8-6-11)16(20)21/h2-4,9-12H,5-8H2,1H3,(H,18,19)(H,20,21). The molecule has 0 saturated heterocycles. The number of carboxylic acids is 1. The average molecular weight is 310 g/mol. The van der Waals surface area contributed by atoms with Crippen LogP contribution in [0.4, 0.5) is 0 Å². The second-order valence-electron chi connectivity index (χ2n) is 5.67. The maximum absolute atomic E-state index is 12.3. The van der Waals surface area contributed by atoms with Gasteiger partial charge in [-0.15, -0.1) is 0 Å². The zero-order chi connectivity index (χ0) is 15.4. The van der Waals surface area contributed by atoms with Crippen LogP contribution in [0.15, 0.2) is 24.3 Å². The van der Waals surface area contributed by atoms with Gasteiger partial charge in [-0.25, -0.2) is 0 Å². The number of hydrogen-bond acceptors (Lipinski definition) is 2. The zero-order valence-electron chi connectivity index (χ0n) is 12.0. The largest absolute Gasteiger partial charge is 0.481 e. The molecule has 1 atom stereocenters. The molecule has 1 amide bonds. The van der Waals surface area contributed by atoms with Gasteiger partial charge in [-0.2, -0.15) is 0 Å². The van der Waals surface area contributed by atoms with Crippen LogP contribution in [0.3, 0.4) is 0 Å². The molecule has 1 aliphatic carbocycles. The maximum Gasteiger partial charge on any atom is 0.306 e. The Bertz CT molecular complexity index is 524. The van der Waals surface area contributed by atoms with Crippen LogP contribution in [0.5, 0.6) is 0 Å². The van der Waals surface area contributed by atoms with Crippen molar-refractivity contribution in [2.45, 2.75) is 38.6 Å². The van der Waals surface area contributed by atoms with Crippen LogP contribution in [0.25, 0.3) is 0 Å². The monoisotopic (exact) mass is 309 g/mol. The molecular formula is C16H20ClNO3. The van der Waals surface area contributed by atoms with Crippen molar-refractivity contribution in [3.05, 3.63) is 34.9 Å². The van der Waals surface area contributed by atoms with E-state index in [1.165, 1.54) is 0 Å². The smallest absolute Gasteiger partial charge is 0.306 e. The summed E-state index contributed by atoms with van der Waals surface area (Å²) in [6.07, 6.45) is 2.45. The Labute approximate surface area is 129 Å². The van der Waals surface area contributed by atoms with E-state index in [4.69, 9.17) is 16.7 Å². The van der Waals surface area contributed by atoms with Gasteiger partial charge in [0.1, 0.15) is 0 Å². The van der Waals surface area contributed by atoms with Crippen LogP contribution in [0.1, 0.15) is 44.2 Å². The van der Waals surface area contributed by atoms with Crippen molar-refractivity contribution in [3.63, 3.8) is 0 Å². The van der Waals surface area contributed by atoms with E-state index in [1.807, 2.05) is 25.1 Å². The molecule has 1 aromatic rings. The van der Waals surface area contributed by atoms with Gasteiger partial charge < -0.3 is 10.4 Å². The van der Waals surface area contributed by atoms with Crippen molar-refractivity contribution in [1.82, 2.24) is 5.32 Å². The quantitative estimate of drug-likeness (QED) is 0.895. The van der Waals surface area contributed by atoms with E-state index in [0.717, 1.165) is 5.56 Å². The van der Waals surface area contributed by atoms with Crippen LogP contribution in [-0.4, -0.2) is 17.0 Å². The number of aliphatic carboxylic acids is 1. The highest BCUT2D eigenvalue weighted by molar-refractivity contribution is 6.30. The number of rotatable bonds is 4. The van der Waals surface area contributed by atoms with Crippen molar-refractivity contribution in [2.24, 2.45) is 11.8 Å². The molecule has 1 aromatic carbocycles. The normalized spacial score (nSPS) is 23.3. The third kappa shape index (κ3) is 4.21. The second kappa shape index (κ2) is 6.94. The van der Waals surface area contributed by atoms with Gasteiger partial charge in [0, 0.05) is 10.9 Å². The van der Waals surface area contributed by atoms with Gasteiger partial charge in [0.05, 0.1) is 12.0 Å². The van der Waals surface area contributed by atoms with Gasteiger partial charge in [0.25, 0.3) is 0 Å². The molecule has 1 fully saturated rings. The highest BCUT2D eigenvalue weighted by atomic mass is 35.5. The highest BCUT2D eigenvalue weighted by Gasteiger charge is 2.30. The van der Waals surface area contributed by atoms with Gasteiger partial charge in [0.2, 0.25) is 5.91 Å². The van der Waals surface area contributed by atoms with Crippen molar-refractivity contribution in [2.75, 3.05) is 0 Å². The van der Waals surface area contributed by atoms with Crippen molar-refractivity contribution in [1.29, 1.82) is 0 Å². The summed E-state index contributed by atoms with van der Waals surface area (Å²) >= 11 is 5.95. The minimum Gasteiger partial charge on any atom is -0.481 e. The number of carbonyl (C=O) groups excluding carboxylic acids is 1. The lowest BCUT2D eigenvalue weighted by Crippen LogP contribution is -2.35. The summed E-state index contributed by atoms with van der Waals surface area (Å²) in [5.74, 6) is -1.12. The molecule has 0 heterocycles. The minimum atomic E-state index is -0.749. The number of halogens is 1. The molecule has 0 aliphatic heterocycles. The summed E-state index contributed by atoms with van der Waals surface area (Å²) in [6.45, 7) is 1.92. The van der Waals surface area contributed by atoms with E-state index >= 15 is 0 Å². The van der Waals surface area contributed by atoms with Crippen molar-refractivity contribution < 1.29 is 14.7 Å². The third-order valence-electron chi connectivity index (χ3n) is 4.15. The fourth-order valence-corrected chi connectivity index (χ4v) is 2.99. The molecule has 2 N–H and O–H groups in total. The van der Waals surface area contributed by atoms with Gasteiger partial charge in [-0.3, -0.25) is 9.59 Å². The predicted octanol–water partition coefficient (Wildman–Crippen LogP) is 3.41. The lowest BCUT2D eigenvalue weighted by Gasteiger charge is -2.26. The summed E-state index contributed by atoms with van der Waals surface area (Å²) in [6, 6.07) is 7.32. The Morgan fingerprint density at radius 1 is 1.24 bits per heavy atom. The topological polar surface area (TPSA) is 66.4 Å². The summed E-state index contributed by atoms with van der Waals surface area (Å²) in [4.78, 5) is 23.2. The molecule has 21 heavy (non-hydrogen) atoms. The van der Waals surface area contributed by atoms with Gasteiger partial charge in [-0.05, 0) is 50.3 Å². The Hall–Kier alpha value is -1.55. The highest BCUT2D eigenvalue weighted by Crippen LogP contribution is 2.29.